The van der Waals surface area contributed by atoms with Crippen molar-refractivity contribution in [3.05, 3.63) is 63.3 Å². The molecular formula is C22H22FN3O5. The number of hydrogen-bond donors (Lipinski definition) is 1. The number of pyridine rings is 1. The van der Waals surface area contributed by atoms with E-state index in [2.05, 4.69) is 5.32 Å². The lowest BCUT2D eigenvalue weighted by Crippen LogP contribution is -2.57. The highest BCUT2D eigenvalue weighted by Gasteiger charge is 2.47. The van der Waals surface area contributed by atoms with Gasteiger partial charge in [-0.25, -0.2) is 4.39 Å². The van der Waals surface area contributed by atoms with Crippen LogP contribution in [0, 0.1) is 5.82 Å². The van der Waals surface area contributed by atoms with Gasteiger partial charge in [-0.2, -0.15) is 0 Å². The van der Waals surface area contributed by atoms with Crippen LogP contribution in [0.15, 0.2) is 35.3 Å². The number of rotatable bonds is 4. The summed E-state index contributed by atoms with van der Waals surface area (Å²) in [5.41, 5.74) is -0.410. The third-order valence-electron chi connectivity index (χ3n) is 6.28. The maximum atomic E-state index is 13.8. The molecule has 3 heterocycles. The van der Waals surface area contributed by atoms with E-state index in [1.807, 2.05) is 0 Å². The Morgan fingerprint density at radius 2 is 2.10 bits per heavy atom. The van der Waals surface area contributed by atoms with Crippen molar-refractivity contribution in [3.63, 3.8) is 0 Å². The molecule has 2 amide bonds. The summed E-state index contributed by atoms with van der Waals surface area (Å²) in [4.78, 5) is 40.7. The third-order valence-corrected chi connectivity index (χ3v) is 6.28. The molecule has 1 saturated heterocycles. The van der Waals surface area contributed by atoms with Crippen molar-refractivity contribution in [1.82, 2.24) is 14.8 Å². The number of benzene rings is 1. The molecular weight excluding hydrogens is 405 g/mol. The predicted octanol–water partition coefficient (Wildman–Crippen LogP) is 1.66. The van der Waals surface area contributed by atoms with Gasteiger partial charge in [-0.05, 0) is 25.3 Å². The molecule has 0 spiro atoms. The molecule has 2 aromatic rings. The minimum absolute atomic E-state index is 0.0726. The summed E-state index contributed by atoms with van der Waals surface area (Å²) < 4.78 is 26.7. The van der Waals surface area contributed by atoms with Gasteiger partial charge in [0.25, 0.3) is 11.8 Å². The second-order valence-corrected chi connectivity index (χ2v) is 8.07. The third kappa shape index (κ3) is 3.20. The number of nitrogens with one attached hydrogen (secondary N) is 1. The van der Waals surface area contributed by atoms with Crippen molar-refractivity contribution in [1.29, 1.82) is 0 Å². The average Bonchev–Trinajstić information content (AvgIpc) is 3.14. The van der Waals surface area contributed by atoms with E-state index in [1.54, 1.807) is 27.7 Å². The highest BCUT2D eigenvalue weighted by atomic mass is 19.1. The van der Waals surface area contributed by atoms with E-state index in [0.717, 1.165) is 19.3 Å². The van der Waals surface area contributed by atoms with Crippen molar-refractivity contribution >= 4 is 11.8 Å². The summed E-state index contributed by atoms with van der Waals surface area (Å²) in [6.45, 7) is 0.231. The minimum atomic E-state index is -0.672. The van der Waals surface area contributed by atoms with E-state index < -0.39 is 23.4 Å². The van der Waals surface area contributed by atoms with E-state index in [-0.39, 0.29) is 41.6 Å². The SMILES string of the molecule is COc1c2n(cc(C(=O)NCc3ccccc3F)c1=O)C[C@@H]1O[C@H]3CC[C@H](C3)N1C2=O. The zero-order valence-corrected chi connectivity index (χ0v) is 17.0. The molecule has 1 N–H and O–H groups in total. The first-order chi connectivity index (χ1) is 15.0. The Morgan fingerprint density at radius 1 is 1.29 bits per heavy atom. The molecule has 0 unspecified atom stereocenters. The smallest absolute Gasteiger partial charge is 0.276 e. The Labute approximate surface area is 177 Å². The predicted molar refractivity (Wildman–Crippen MR) is 107 cm³/mol. The standard InChI is InChI=1S/C22H22FN3O5/c1-30-20-18-22(29)26-13-6-7-14(8-13)31-17(26)11-25(18)10-15(19(20)27)21(28)24-9-12-4-2-3-5-16(12)23/h2-5,10,13-14,17H,6-9,11H2,1H3,(H,24,28)/t13-,14+,17+/m1/s1. The molecule has 31 heavy (non-hydrogen) atoms. The summed E-state index contributed by atoms with van der Waals surface area (Å²) >= 11 is 0. The number of ether oxygens (including phenoxy) is 2. The molecule has 2 fully saturated rings. The molecule has 5 rings (SSSR count). The van der Waals surface area contributed by atoms with E-state index >= 15 is 0 Å². The Balaban J connectivity index is 1.48. The molecule has 1 saturated carbocycles. The van der Waals surface area contributed by atoms with Crippen LogP contribution in [0.1, 0.15) is 45.7 Å². The molecule has 3 aliphatic rings. The normalized spacial score (nSPS) is 23.9. The van der Waals surface area contributed by atoms with Crippen molar-refractivity contribution in [2.45, 2.75) is 50.7 Å². The van der Waals surface area contributed by atoms with Gasteiger partial charge in [0.2, 0.25) is 5.43 Å². The topological polar surface area (TPSA) is 89.9 Å². The lowest BCUT2D eigenvalue weighted by atomic mass is 10.1. The van der Waals surface area contributed by atoms with Crippen LogP contribution in [-0.4, -0.2) is 46.8 Å². The number of fused-ring (bicyclic) bond motifs is 5. The van der Waals surface area contributed by atoms with Gasteiger partial charge in [0.15, 0.2) is 17.7 Å². The number of nitrogens with zero attached hydrogens (tertiary/aromatic N) is 2. The van der Waals surface area contributed by atoms with Crippen LogP contribution in [0.3, 0.4) is 0 Å². The highest BCUT2D eigenvalue weighted by Crippen LogP contribution is 2.38. The van der Waals surface area contributed by atoms with Gasteiger partial charge in [0, 0.05) is 24.3 Å². The van der Waals surface area contributed by atoms with E-state index in [4.69, 9.17) is 9.47 Å². The first-order valence-electron chi connectivity index (χ1n) is 10.3. The number of carbonyl (C=O) groups is 2. The van der Waals surface area contributed by atoms with Crippen LogP contribution < -0.4 is 15.5 Å². The van der Waals surface area contributed by atoms with Gasteiger partial charge in [-0.15, -0.1) is 0 Å². The van der Waals surface area contributed by atoms with Gasteiger partial charge in [0.05, 0.1) is 19.8 Å². The summed E-state index contributed by atoms with van der Waals surface area (Å²) in [6, 6.07) is 6.16. The van der Waals surface area contributed by atoms with Crippen LogP contribution in [-0.2, 0) is 17.8 Å². The summed E-state index contributed by atoms with van der Waals surface area (Å²) in [6.07, 6.45) is 3.63. The number of carbonyl (C=O) groups excluding carboxylic acids is 2. The van der Waals surface area contributed by atoms with Crippen molar-refractivity contribution in [2.24, 2.45) is 0 Å². The highest BCUT2D eigenvalue weighted by molar-refractivity contribution is 5.99. The molecule has 3 atom stereocenters. The Hall–Kier alpha value is -3.20. The van der Waals surface area contributed by atoms with Gasteiger partial charge in [-0.3, -0.25) is 14.4 Å². The fourth-order valence-corrected chi connectivity index (χ4v) is 4.80. The average molecular weight is 427 g/mol. The zero-order chi connectivity index (χ0) is 21.7. The molecule has 8 nitrogen and oxygen atoms in total. The monoisotopic (exact) mass is 427 g/mol. The van der Waals surface area contributed by atoms with Crippen LogP contribution in [0.5, 0.6) is 5.75 Å². The van der Waals surface area contributed by atoms with E-state index in [0.29, 0.717) is 12.1 Å². The largest absolute Gasteiger partial charge is 0.491 e. The van der Waals surface area contributed by atoms with Gasteiger partial charge >= 0.3 is 0 Å². The zero-order valence-electron chi connectivity index (χ0n) is 17.0. The van der Waals surface area contributed by atoms with E-state index in [9.17, 15) is 18.8 Å². The maximum Gasteiger partial charge on any atom is 0.276 e. The second kappa shape index (κ2) is 7.49. The quantitative estimate of drug-likeness (QED) is 0.802. The molecule has 2 bridgehead atoms. The fourth-order valence-electron chi connectivity index (χ4n) is 4.80. The molecule has 0 radical (unpaired) electrons. The fraction of sp³-hybridized carbons (Fsp3) is 0.409. The summed E-state index contributed by atoms with van der Waals surface area (Å²) in [5, 5.41) is 2.57. The van der Waals surface area contributed by atoms with E-state index in [1.165, 1.54) is 19.4 Å². The van der Waals surface area contributed by atoms with Crippen LogP contribution in [0.2, 0.25) is 0 Å². The Morgan fingerprint density at radius 3 is 2.87 bits per heavy atom. The molecule has 1 aromatic carbocycles. The lowest BCUT2D eigenvalue weighted by Gasteiger charge is -2.44. The molecule has 1 aliphatic carbocycles. The molecule has 2 aliphatic heterocycles. The molecule has 9 heteroatoms. The van der Waals surface area contributed by atoms with Crippen molar-refractivity contribution < 1.29 is 23.5 Å². The summed E-state index contributed by atoms with van der Waals surface area (Å²) in [5.74, 6) is -1.60. The van der Waals surface area contributed by atoms with Gasteiger partial charge in [-0.1, -0.05) is 18.2 Å². The first kappa shape index (κ1) is 19.7. The van der Waals surface area contributed by atoms with Crippen LogP contribution >= 0.6 is 0 Å². The van der Waals surface area contributed by atoms with Gasteiger partial charge in [0.1, 0.15) is 11.4 Å². The molecule has 162 valence electrons. The second-order valence-electron chi connectivity index (χ2n) is 8.07. The number of amides is 2. The van der Waals surface area contributed by atoms with Crippen molar-refractivity contribution in [3.8, 4) is 5.75 Å². The van der Waals surface area contributed by atoms with Crippen molar-refractivity contribution in [2.75, 3.05) is 7.11 Å². The first-order valence-corrected chi connectivity index (χ1v) is 10.3. The van der Waals surface area contributed by atoms with Crippen LogP contribution in [0.25, 0.3) is 0 Å². The maximum absolute atomic E-state index is 13.8. The number of halogens is 1. The summed E-state index contributed by atoms with van der Waals surface area (Å²) in [7, 11) is 1.30. The van der Waals surface area contributed by atoms with Crippen LogP contribution in [0.4, 0.5) is 4.39 Å². The Bertz CT molecular complexity index is 1130. The Kier molecular flexibility index (Phi) is 4.77. The van der Waals surface area contributed by atoms with Gasteiger partial charge < -0.3 is 24.3 Å². The molecule has 1 aromatic heterocycles. The number of methoxy groups -OCH3 is 1. The lowest BCUT2D eigenvalue weighted by molar-refractivity contribution is -0.132. The number of hydrogen-bond acceptors (Lipinski definition) is 5. The number of aromatic nitrogens is 1. The minimum Gasteiger partial charge on any atom is -0.491 e.